The predicted molar refractivity (Wildman–Crippen MR) is 151 cm³/mol. The Bertz CT molecular complexity index is 211. The molecule has 0 aromatic carbocycles. The van der Waals surface area contributed by atoms with Crippen molar-refractivity contribution in [3.8, 4) is 0 Å². The zero-order chi connectivity index (χ0) is 22.4. The van der Waals surface area contributed by atoms with Gasteiger partial charge < -0.3 is 10.6 Å². The maximum Gasteiger partial charge on any atom is -0.00490 e. The van der Waals surface area contributed by atoms with E-state index >= 15 is 0 Å². The van der Waals surface area contributed by atoms with Gasteiger partial charge in [0, 0.05) is 0 Å². The minimum atomic E-state index is 0. The van der Waals surface area contributed by atoms with E-state index in [-0.39, 0.29) is 13.5 Å². The van der Waals surface area contributed by atoms with Crippen LogP contribution in [0.3, 0.4) is 0 Å². The summed E-state index contributed by atoms with van der Waals surface area (Å²) in [6, 6.07) is 0. The second kappa shape index (κ2) is 37.6. The van der Waals surface area contributed by atoms with Gasteiger partial charge in [-0.3, -0.25) is 0 Å². The summed E-state index contributed by atoms with van der Waals surface area (Å²) in [5.41, 5.74) is 0. The lowest BCUT2D eigenvalue weighted by molar-refractivity contribution is 0.547. The molecule has 0 unspecified atom stereocenters. The first-order valence-electron chi connectivity index (χ1n) is 14.2. The second-order valence-corrected chi connectivity index (χ2v) is 9.07. The Labute approximate surface area is 206 Å². The quantitative estimate of drug-likeness (QED) is 0.140. The molecule has 0 saturated carbocycles. The van der Waals surface area contributed by atoms with E-state index in [4.69, 9.17) is 0 Å². The van der Waals surface area contributed by atoms with E-state index in [1.807, 2.05) is 0 Å². The van der Waals surface area contributed by atoms with Crippen molar-refractivity contribution in [1.29, 1.82) is 0 Å². The largest absolute Gasteiger partial charge is 0.317 e. The Morgan fingerprint density at radius 2 is 0.548 bits per heavy atom. The van der Waals surface area contributed by atoms with Gasteiger partial charge in [-0.25, -0.2) is 0 Å². The topological polar surface area (TPSA) is 24.1 Å². The van der Waals surface area contributed by atoms with Crippen LogP contribution < -0.4 is 10.6 Å². The van der Waals surface area contributed by atoms with Crippen LogP contribution in [0, 0.1) is 0 Å². The van der Waals surface area contributed by atoms with Crippen molar-refractivity contribution < 1.29 is 0 Å². The van der Waals surface area contributed by atoms with E-state index in [2.05, 4.69) is 38.3 Å². The highest BCUT2D eigenvalue weighted by atomic mass is 32.1. The molecular weight excluding hydrogens is 396 g/mol. The Balaban J connectivity index is -0.000000490. The molecule has 0 aliphatic heterocycles. The average molecular weight is 461 g/mol. The molecule has 0 spiro atoms. The highest BCUT2D eigenvalue weighted by Gasteiger charge is 1.93. The van der Waals surface area contributed by atoms with Gasteiger partial charge in [0.15, 0.2) is 0 Å². The summed E-state index contributed by atoms with van der Waals surface area (Å²) in [4.78, 5) is 0. The third-order valence-corrected chi connectivity index (χ3v) is 5.91. The van der Waals surface area contributed by atoms with Crippen LogP contribution in [0.25, 0.3) is 0 Å². The number of hydrogen-bond acceptors (Lipinski definition) is 2. The molecule has 31 heavy (non-hydrogen) atoms. The monoisotopic (exact) mass is 460 g/mol. The van der Waals surface area contributed by atoms with Crippen LogP contribution in [0.4, 0.5) is 0 Å². The smallest absolute Gasteiger partial charge is 0.00490 e. The molecule has 0 fully saturated rings. The summed E-state index contributed by atoms with van der Waals surface area (Å²) in [5.74, 6) is 0. The van der Waals surface area contributed by atoms with Crippen molar-refractivity contribution in [2.24, 2.45) is 0 Å². The molecule has 3 heteroatoms. The number of rotatable bonds is 24. The predicted octanol–water partition coefficient (Wildman–Crippen LogP) is 9.15. The summed E-state index contributed by atoms with van der Waals surface area (Å²) in [7, 11) is 0. The molecule has 0 rings (SSSR count). The molecule has 0 amide bonds. The first-order chi connectivity index (χ1) is 14.8. The van der Waals surface area contributed by atoms with E-state index in [0.717, 1.165) is 13.1 Å². The molecule has 0 saturated heterocycles. The summed E-state index contributed by atoms with van der Waals surface area (Å²) in [5, 5.41) is 6.75. The minimum Gasteiger partial charge on any atom is -0.317 e. The van der Waals surface area contributed by atoms with Crippen LogP contribution in [-0.2, 0) is 0 Å². The van der Waals surface area contributed by atoms with Gasteiger partial charge in [0.1, 0.15) is 0 Å². The maximum absolute atomic E-state index is 3.37. The lowest BCUT2D eigenvalue weighted by Crippen LogP contribution is -2.13. The van der Waals surface area contributed by atoms with Crippen molar-refractivity contribution >= 4 is 13.5 Å². The molecule has 0 heterocycles. The van der Waals surface area contributed by atoms with E-state index in [1.54, 1.807) is 0 Å². The molecule has 0 aromatic rings. The van der Waals surface area contributed by atoms with E-state index in [9.17, 15) is 0 Å². The molecule has 2 N–H and O–H groups in total. The van der Waals surface area contributed by atoms with Crippen LogP contribution in [0.5, 0.6) is 0 Å². The Morgan fingerprint density at radius 3 is 0.774 bits per heavy atom. The van der Waals surface area contributed by atoms with Gasteiger partial charge in [-0.15, -0.1) is 0 Å². The van der Waals surface area contributed by atoms with Crippen molar-refractivity contribution in [3.05, 3.63) is 0 Å². The van der Waals surface area contributed by atoms with Crippen LogP contribution in [0.1, 0.15) is 156 Å². The van der Waals surface area contributed by atoms with Gasteiger partial charge in [-0.1, -0.05) is 143 Å². The molecule has 0 bridgehead atoms. The third-order valence-electron chi connectivity index (χ3n) is 5.91. The maximum atomic E-state index is 3.37. The highest BCUT2D eigenvalue weighted by molar-refractivity contribution is 7.59. The third kappa shape index (κ3) is 41.1. The molecular formula is C28H64N2S. The van der Waals surface area contributed by atoms with Gasteiger partial charge >= 0.3 is 0 Å². The van der Waals surface area contributed by atoms with Gasteiger partial charge in [0.25, 0.3) is 0 Å². The fraction of sp³-hybridized carbons (Fsp3) is 1.00. The first kappa shape index (κ1) is 35.9. The number of nitrogens with one attached hydrogen (secondary N) is 2. The molecule has 0 aliphatic rings. The fourth-order valence-corrected chi connectivity index (χ4v) is 3.83. The zero-order valence-corrected chi connectivity index (χ0v) is 23.5. The molecule has 0 atom stereocenters. The first-order valence-corrected chi connectivity index (χ1v) is 14.2. The summed E-state index contributed by atoms with van der Waals surface area (Å²) >= 11 is 0. The molecule has 0 aliphatic carbocycles. The van der Waals surface area contributed by atoms with Crippen molar-refractivity contribution in [1.82, 2.24) is 10.6 Å². The SMILES string of the molecule is CCCCCCCCCCCCNCC.CCCCCCCCCCCCNCC.S. The van der Waals surface area contributed by atoms with E-state index in [1.165, 1.54) is 142 Å². The van der Waals surface area contributed by atoms with Crippen LogP contribution >= 0.6 is 13.5 Å². The molecule has 192 valence electrons. The summed E-state index contributed by atoms with van der Waals surface area (Å²) in [6.45, 7) is 13.6. The Morgan fingerprint density at radius 1 is 0.323 bits per heavy atom. The minimum absolute atomic E-state index is 0. The van der Waals surface area contributed by atoms with Crippen molar-refractivity contribution in [3.63, 3.8) is 0 Å². The molecule has 0 aromatic heterocycles. The van der Waals surface area contributed by atoms with Gasteiger partial charge in [0.05, 0.1) is 0 Å². The molecule has 0 radical (unpaired) electrons. The van der Waals surface area contributed by atoms with E-state index in [0.29, 0.717) is 0 Å². The standard InChI is InChI=1S/2C14H31N.H2S/c2*1-3-5-6-7-8-9-10-11-12-13-14-15-4-2;/h2*15H,3-14H2,1-2H3;1H2. The number of hydrogen-bond donors (Lipinski definition) is 2. The van der Waals surface area contributed by atoms with Crippen LogP contribution in [-0.4, -0.2) is 26.2 Å². The summed E-state index contributed by atoms with van der Waals surface area (Å²) < 4.78 is 0. The Hall–Kier alpha value is 0.270. The lowest BCUT2D eigenvalue weighted by Gasteiger charge is -2.02. The van der Waals surface area contributed by atoms with Crippen molar-refractivity contribution in [2.75, 3.05) is 26.2 Å². The van der Waals surface area contributed by atoms with Gasteiger partial charge in [-0.05, 0) is 39.0 Å². The lowest BCUT2D eigenvalue weighted by atomic mass is 10.1. The van der Waals surface area contributed by atoms with Gasteiger partial charge in [0.2, 0.25) is 0 Å². The van der Waals surface area contributed by atoms with Crippen LogP contribution in [0.2, 0.25) is 0 Å². The highest BCUT2D eigenvalue weighted by Crippen LogP contribution is 2.11. The van der Waals surface area contributed by atoms with Crippen molar-refractivity contribution in [2.45, 2.75) is 156 Å². The molecule has 2 nitrogen and oxygen atoms in total. The summed E-state index contributed by atoms with van der Waals surface area (Å²) in [6.07, 6.45) is 28.7. The van der Waals surface area contributed by atoms with E-state index < -0.39 is 0 Å². The van der Waals surface area contributed by atoms with Crippen LogP contribution in [0.15, 0.2) is 0 Å². The Kier molecular flexibility index (Phi) is 43.5. The fourth-order valence-electron chi connectivity index (χ4n) is 3.83. The average Bonchev–Trinajstić information content (AvgIpc) is 2.76. The second-order valence-electron chi connectivity index (χ2n) is 9.07. The zero-order valence-electron chi connectivity index (χ0n) is 22.5. The van der Waals surface area contributed by atoms with Gasteiger partial charge in [-0.2, -0.15) is 13.5 Å². The normalized spacial score (nSPS) is 10.5. The number of unbranched alkanes of at least 4 members (excludes halogenated alkanes) is 18.